The summed E-state index contributed by atoms with van der Waals surface area (Å²) in [5, 5.41) is 27.6. The first-order chi connectivity index (χ1) is 6.02. The van der Waals surface area contributed by atoms with Crippen molar-refractivity contribution in [3.63, 3.8) is 0 Å². The Morgan fingerprint density at radius 2 is 2.15 bits per heavy atom. The largest absolute Gasteiger partial charge is 0.508 e. The lowest BCUT2D eigenvalue weighted by molar-refractivity contribution is -0.128. The number of hydrogen-bond acceptors (Lipinski definition) is 5. The molecule has 0 heterocycles. The predicted molar refractivity (Wildman–Crippen MR) is 42.9 cm³/mol. The molecule has 1 aliphatic carbocycles. The summed E-state index contributed by atoms with van der Waals surface area (Å²) in [4.78, 5) is 11.2. The number of carbonyl (C=O) groups excluding carboxylic acids is 1. The molecule has 1 rings (SSSR count). The quantitative estimate of drug-likeness (QED) is 0.543. The Morgan fingerprint density at radius 1 is 1.54 bits per heavy atom. The van der Waals surface area contributed by atoms with Gasteiger partial charge in [0.05, 0.1) is 13.7 Å². The van der Waals surface area contributed by atoms with Crippen LogP contribution in [0.2, 0.25) is 0 Å². The molecule has 1 atom stereocenters. The van der Waals surface area contributed by atoms with Crippen molar-refractivity contribution in [1.29, 1.82) is 0 Å². The van der Waals surface area contributed by atoms with Gasteiger partial charge in [-0.3, -0.25) is 4.79 Å². The minimum Gasteiger partial charge on any atom is -0.508 e. The van der Waals surface area contributed by atoms with Crippen molar-refractivity contribution in [2.45, 2.75) is 18.4 Å². The number of ether oxygens (including phenoxy) is 1. The number of hydrogen-bond donors (Lipinski definition) is 3. The zero-order valence-electron chi connectivity index (χ0n) is 7.28. The van der Waals surface area contributed by atoms with Gasteiger partial charge in [0.15, 0.2) is 5.76 Å². The normalized spacial score (nSPS) is 29.3. The summed E-state index contributed by atoms with van der Waals surface area (Å²) in [6.07, 6.45) is -0.380. The van der Waals surface area contributed by atoms with E-state index in [2.05, 4.69) is 4.74 Å². The lowest BCUT2D eigenvalue weighted by Crippen LogP contribution is -2.40. The van der Waals surface area contributed by atoms with E-state index in [0.29, 0.717) is 0 Å². The molecule has 0 amide bonds. The van der Waals surface area contributed by atoms with Gasteiger partial charge in [-0.15, -0.1) is 0 Å². The van der Waals surface area contributed by atoms with Crippen molar-refractivity contribution in [3.8, 4) is 0 Å². The predicted octanol–water partition coefficient (Wildman–Crippen LogP) is -0.511. The number of allylic oxidation sites excluding steroid dienone is 1. The SMILES string of the molecule is COC1=C(O)C[C@@](O)(CO)CC1=O. The van der Waals surface area contributed by atoms with Gasteiger partial charge >= 0.3 is 0 Å². The average molecular weight is 188 g/mol. The highest BCUT2D eigenvalue weighted by Gasteiger charge is 2.38. The number of methoxy groups -OCH3 is 1. The first-order valence-corrected chi connectivity index (χ1v) is 3.85. The van der Waals surface area contributed by atoms with E-state index in [-0.39, 0.29) is 24.4 Å². The summed E-state index contributed by atoms with van der Waals surface area (Å²) in [7, 11) is 1.27. The Kier molecular flexibility index (Phi) is 2.58. The average Bonchev–Trinajstić information content (AvgIpc) is 2.03. The fourth-order valence-corrected chi connectivity index (χ4v) is 1.34. The zero-order valence-corrected chi connectivity index (χ0v) is 7.28. The second-order valence-corrected chi connectivity index (χ2v) is 3.14. The fraction of sp³-hybridized carbons (Fsp3) is 0.625. The van der Waals surface area contributed by atoms with Crippen LogP contribution in [0, 0.1) is 0 Å². The molecule has 0 unspecified atom stereocenters. The molecule has 5 nitrogen and oxygen atoms in total. The first kappa shape index (κ1) is 10.0. The summed E-state index contributed by atoms with van der Waals surface area (Å²) >= 11 is 0. The Labute approximate surface area is 75.3 Å². The molecule has 0 aromatic rings. The smallest absolute Gasteiger partial charge is 0.203 e. The molecule has 0 radical (unpaired) electrons. The van der Waals surface area contributed by atoms with Crippen LogP contribution in [0.1, 0.15) is 12.8 Å². The third-order valence-corrected chi connectivity index (χ3v) is 2.00. The van der Waals surface area contributed by atoms with Crippen LogP contribution < -0.4 is 0 Å². The van der Waals surface area contributed by atoms with Crippen LogP contribution in [0.25, 0.3) is 0 Å². The molecular weight excluding hydrogens is 176 g/mol. The van der Waals surface area contributed by atoms with Crippen molar-refractivity contribution in [2.75, 3.05) is 13.7 Å². The topological polar surface area (TPSA) is 87.0 Å². The third kappa shape index (κ3) is 1.81. The Hall–Kier alpha value is -1.07. The number of Topliss-reactive ketones (excluding diaryl/α,β-unsaturated/α-hetero) is 1. The molecule has 3 N–H and O–H groups in total. The molecule has 74 valence electrons. The highest BCUT2D eigenvalue weighted by Crippen LogP contribution is 2.28. The molecule has 0 saturated heterocycles. The van der Waals surface area contributed by atoms with E-state index >= 15 is 0 Å². The van der Waals surface area contributed by atoms with Crippen molar-refractivity contribution in [2.24, 2.45) is 0 Å². The van der Waals surface area contributed by atoms with Crippen molar-refractivity contribution < 1.29 is 24.9 Å². The molecule has 0 spiro atoms. The Bertz CT molecular complexity index is 257. The van der Waals surface area contributed by atoms with E-state index in [9.17, 15) is 15.0 Å². The third-order valence-electron chi connectivity index (χ3n) is 2.00. The number of aliphatic hydroxyl groups is 3. The van der Waals surface area contributed by atoms with Crippen molar-refractivity contribution in [3.05, 3.63) is 11.5 Å². The number of ketones is 1. The van der Waals surface area contributed by atoms with Gasteiger partial charge in [0.25, 0.3) is 0 Å². The molecule has 0 saturated carbocycles. The van der Waals surface area contributed by atoms with Crippen LogP contribution >= 0.6 is 0 Å². The second-order valence-electron chi connectivity index (χ2n) is 3.14. The van der Waals surface area contributed by atoms with Crippen molar-refractivity contribution >= 4 is 5.78 Å². The van der Waals surface area contributed by atoms with Crippen LogP contribution in [-0.2, 0) is 9.53 Å². The zero-order chi connectivity index (χ0) is 10.1. The highest BCUT2D eigenvalue weighted by molar-refractivity contribution is 5.95. The van der Waals surface area contributed by atoms with Gasteiger partial charge in [-0.2, -0.15) is 0 Å². The number of aliphatic hydroxyl groups excluding tert-OH is 2. The molecule has 1 aliphatic rings. The molecular formula is C8H12O5. The summed E-state index contributed by atoms with van der Waals surface area (Å²) < 4.78 is 4.64. The van der Waals surface area contributed by atoms with Gasteiger partial charge in [-0.25, -0.2) is 0 Å². The summed E-state index contributed by atoms with van der Waals surface area (Å²) in [6, 6.07) is 0. The number of rotatable bonds is 2. The maximum Gasteiger partial charge on any atom is 0.203 e. The molecule has 0 aliphatic heterocycles. The number of carbonyl (C=O) groups is 1. The van der Waals surface area contributed by atoms with E-state index in [0.717, 1.165) is 0 Å². The highest BCUT2D eigenvalue weighted by atomic mass is 16.5. The minimum absolute atomic E-state index is 0.127. The Morgan fingerprint density at radius 3 is 2.54 bits per heavy atom. The monoisotopic (exact) mass is 188 g/mol. The van der Waals surface area contributed by atoms with Crippen LogP contribution in [0.5, 0.6) is 0 Å². The van der Waals surface area contributed by atoms with Crippen LogP contribution in [0.4, 0.5) is 0 Å². The second kappa shape index (κ2) is 3.35. The lowest BCUT2D eigenvalue weighted by atomic mass is 9.87. The minimum atomic E-state index is -1.54. The van der Waals surface area contributed by atoms with Gasteiger partial charge in [0.1, 0.15) is 11.4 Å². The first-order valence-electron chi connectivity index (χ1n) is 3.85. The maximum atomic E-state index is 11.2. The van der Waals surface area contributed by atoms with Crippen LogP contribution in [0.15, 0.2) is 11.5 Å². The van der Waals surface area contributed by atoms with E-state index in [1.54, 1.807) is 0 Å². The van der Waals surface area contributed by atoms with E-state index in [4.69, 9.17) is 5.11 Å². The molecule has 0 bridgehead atoms. The van der Waals surface area contributed by atoms with E-state index in [1.165, 1.54) is 7.11 Å². The molecule has 13 heavy (non-hydrogen) atoms. The maximum absolute atomic E-state index is 11.2. The fourth-order valence-electron chi connectivity index (χ4n) is 1.34. The molecule has 0 aromatic carbocycles. The van der Waals surface area contributed by atoms with Gasteiger partial charge in [-0.05, 0) is 0 Å². The van der Waals surface area contributed by atoms with Crippen LogP contribution in [-0.4, -0.2) is 40.4 Å². The molecule has 5 heteroatoms. The summed E-state index contributed by atoms with van der Waals surface area (Å²) in [5.41, 5.74) is -1.54. The Balaban J connectivity index is 2.93. The van der Waals surface area contributed by atoms with E-state index in [1.807, 2.05) is 0 Å². The lowest BCUT2D eigenvalue weighted by Gasteiger charge is -2.29. The molecule has 0 aromatic heterocycles. The van der Waals surface area contributed by atoms with Crippen LogP contribution in [0.3, 0.4) is 0 Å². The van der Waals surface area contributed by atoms with E-state index < -0.39 is 18.0 Å². The van der Waals surface area contributed by atoms with Crippen molar-refractivity contribution in [1.82, 2.24) is 0 Å². The van der Waals surface area contributed by atoms with Gasteiger partial charge in [-0.1, -0.05) is 0 Å². The van der Waals surface area contributed by atoms with Gasteiger partial charge in [0.2, 0.25) is 5.78 Å². The standard InChI is InChI=1S/C8H12O5/c1-13-7-5(10)2-8(12,4-9)3-6(7)11/h9-10,12H,2-4H2,1H3/t8-/m0/s1. The van der Waals surface area contributed by atoms with Gasteiger partial charge < -0.3 is 20.1 Å². The van der Waals surface area contributed by atoms with Gasteiger partial charge in [0, 0.05) is 12.8 Å². The molecule has 0 fully saturated rings. The summed E-state index contributed by atoms with van der Waals surface area (Å²) in [6.45, 7) is -0.556. The summed E-state index contributed by atoms with van der Waals surface area (Å²) in [5.74, 6) is -0.934.